The van der Waals surface area contributed by atoms with E-state index in [0.717, 1.165) is 25.9 Å². The first-order chi connectivity index (χ1) is 8.19. The topological polar surface area (TPSA) is 54.2 Å². The van der Waals surface area contributed by atoms with Crippen molar-refractivity contribution < 1.29 is 4.42 Å². The number of hydrogen-bond donors (Lipinski definition) is 1. The number of hydrogen-bond acceptors (Lipinski definition) is 5. The Hall–Kier alpha value is -1.10. The number of nitrogens with one attached hydrogen (secondary N) is 1. The third-order valence-corrected chi connectivity index (χ3v) is 2.67. The molecule has 1 unspecified atom stereocenters. The van der Waals surface area contributed by atoms with E-state index in [9.17, 15) is 0 Å². The molecule has 5 heteroatoms. The summed E-state index contributed by atoms with van der Waals surface area (Å²) < 4.78 is 5.64. The second-order valence-electron chi connectivity index (χ2n) is 4.37. The van der Waals surface area contributed by atoms with Crippen molar-refractivity contribution in [1.82, 2.24) is 15.5 Å². The van der Waals surface area contributed by atoms with Crippen molar-refractivity contribution >= 4 is 6.01 Å². The Morgan fingerprint density at radius 1 is 1.29 bits per heavy atom. The molecule has 0 bridgehead atoms. The lowest BCUT2D eigenvalue weighted by Crippen LogP contribution is -2.19. The van der Waals surface area contributed by atoms with E-state index in [1.165, 1.54) is 6.42 Å². The Morgan fingerprint density at radius 3 is 2.71 bits per heavy atom. The minimum absolute atomic E-state index is 0.121. The largest absolute Gasteiger partial charge is 0.406 e. The highest BCUT2D eigenvalue weighted by molar-refractivity contribution is 5.21. The quantitative estimate of drug-likeness (QED) is 0.756. The first kappa shape index (κ1) is 14.0. The highest BCUT2D eigenvalue weighted by atomic mass is 16.4. The van der Waals surface area contributed by atoms with Gasteiger partial charge in [-0.15, -0.1) is 5.10 Å². The van der Waals surface area contributed by atoms with Gasteiger partial charge in [0.15, 0.2) is 0 Å². The van der Waals surface area contributed by atoms with Crippen LogP contribution in [-0.4, -0.2) is 30.3 Å². The molecule has 0 aliphatic carbocycles. The van der Waals surface area contributed by atoms with Gasteiger partial charge in [0.25, 0.3) is 0 Å². The fourth-order valence-corrected chi connectivity index (χ4v) is 1.49. The maximum atomic E-state index is 5.64. The van der Waals surface area contributed by atoms with Gasteiger partial charge >= 0.3 is 6.01 Å². The summed E-state index contributed by atoms with van der Waals surface area (Å²) in [5, 5.41) is 11.5. The Morgan fingerprint density at radius 2 is 2.06 bits per heavy atom. The molecule has 1 aromatic rings. The molecule has 0 spiro atoms. The van der Waals surface area contributed by atoms with E-state index in [-0.39, 0.29) is 6.04 Å². The van der Waals surface area contributed by atoms with Crippen LogP contribution in [0.5, 0.6) is 0 Å². The van der Waals surface area contributed by atoms with Crippen LogP contribution in [-0.2, 0) is 0 Å². The molecule has 0 amide bonds. The maximum absolute atomic E-state index is 5.64. The number of unbranched alkanes of at least 4 members (excludes halogenated alkanes) is 1. The van der Waals surface area contributed by atoms with Gasteiger partial charge in [-0.05, 0) is 26.3 Å². The Bertz CT molecular complexity index is 285. The van der Waals surface area contributed by atoms with Crippen molar-refractivity contribution in [3.8, 4) is 0 Å². The van der Waals surface area contributed by atoms with Crippen molar-refractivity contribution in [1.29, 1.82) is 0 Å². The van der Waals surface area contributed by atoms with E-state index in [0.29, 0.717) is 11.9 Å². The standard InChI is InChI=1S/C12H24N4O/c1-5-7-9-16(4)12-15-14-11(17-12)10(3)13-8-6-2/h10,13H,5-9H2,1-4H3. The molecule has 1 rings (SSSR count). The monoisotopic (exact) mass is 240 g/mol. The molecule has 1 N–H and O–H groups in total. The summed E-state index contributed by atoms with van der Waals surface area (Å²) in [7, 11) is 1.98. The number of anilines is 1. The smallest absolute Gasteiger partial charge is 0.317 e. The molecule has 5 nitrogen and oxygen atoms in total. The SMILES string of the molecule is CCCCN(C)c1nnc(C(C)NCCC)o1. The van der Waals surface area contributed by atoms with Crippen LogP contribution in [0.1, 0.15) is 52.0 Å². The third-order valence-electron chi connectivity index (χ3n) is 2.67. The first-order valence-corrected chi connectivity index (χ1v) is 6.46. The van der Waals surface area contributed by atoms with Crippen molar-refractivity contribution in [3.63, 3.8) is 0 Å². The molecule has 17 heavy (non-hydrogen) atoms. The van der Waals surface area contributed by atoms with Crippen molar-refractivity contribution in [3.05, 3.63) is 5.89 Å². The fraction of sp³-hybridized carbons (Fsp3) is 0.833. The summed E-state index contributed by atoms with van der Waals surface area (Å²) >= 11 is 0. The normalized spacial score (nSPS) is 12.7. The Balaban J connectivity index is 2.51. The van der Waals surface area contributed by atoms with Crippen LogP contribution in [0.15, 0.2) is 4.42 Å². The van der Waals surface area contributed by atoms with Crippen LogP contribution in [0.25, 0.3) is 0 Å². The average Bonchev–Trinajstić information content (AvgIpc) is 2.82. The lowest BCUT2D eigenvalue weighted by molar-refractivity contribution is 0.416. The van der Waals surface area contributed by atoms with Gasteiger partial charge in [-0.25, -0.2) is 0 Å². The Kier molecular flexibility index (Phi) is 5.97. The van der Waals surface area contributed by atoms with Gasteiger partial charge < -0.3 is 14.6 Å². The summed E-state index contributed by atoms with van der Waals surface area (Å²) in [4.78, 5) is 2.01. The molecule has 0 saturated carbocycles. The van der Waals surface area contributed by atoms with Crippen LogP contribution in [0.3, 0.4) is 0 Å². The van der Waals surface area contributed by atoms with E-state index < -0.39 is 0 Å². The molecular weight excluding hydrogens is 216 g/mol. The maximum Gasteiger partial charge on any atom is 0.317 e. The molecule has 0 fully saturated rings. The van der Waals surface area contributed by atoms with Crippen LogP contribution in [0.4, 0.5) is 6.01 Å². The van der Waals surface area contributed by atoms with E-state index in [1.807, 2.05) is 18.9 Å². The number of rotatable bonds is 8. The Labute approximate surface area is 104 Å². The number of nitrogens with zero attached hydrogens (tertiary/aromatic N) is 3. The van der Waals surface area contributed by atoms with Gasteiger partial charge in [0.05, 0.1) is 6.04 Å². The van der Waals surface area contributed by atoms with Gasteiger partial charge in [0, 0.05) is 13.6 Å². The summed E-state index contributed by atoms with van der Waals surface area (Å²) in [5.41, 5.74) is 0. The molecule has 0 aliphatic rings. The molecule has 0 radical (unpaired) electrons. The van der Waals surface area contributed by atoms with Crippen LogP contribution >= 0.6 is 0 Å². The van der Waals surface area contributed by atoms with Crippen LogP contribution in [0, 0.1) is 0 Å². The van der Waals surface area contributed by atoms with Crippen molar-refractivity contribution in [2.24, 2.45) is 0 Å². The first-order valence-electron chi connectivity index (χ1n) is 6.46. The van der Waals surface area contributed by atoms with E-state index in [2.05, 4.69) is 29.4 Å². The average molecular weight is 240 g/mol. The minimum atomic E-state index is 0.121. The minimum Gasteiger partial charge on any atom is -0.406 e. The molecule has 0 aromatic carbocycles. The second-order valence-corrected chi connectivity index (χ2v) is 4.37. The lowest BCUT2D eigenvalue weighted by Gasteiger charge is -2.13. The van der Waals surface area contributed by atoms with Crippen molar-refractivity contribution in [2.45, 2.75) is 46.1 Å². The van der Waals surface area contributed by atoms with Gasteiger partial charge in [0.1, 0.15) is 0 Å². The van der Waals surface area contributed by atoms with Gasteiger partial charge in [-0.3, -0.25) is 0 Å². The summed E-state index contributed by atoms with van der Waals surface area (Å²) in [6.45, 7) is 8.26. The summed E-state index contributed by atoms with van der Waals surface area (Å²) in [5.74, 6) is 0.664. The third kappa shape index (κ3) is 4.34. The van der Waals surface area contributed by atoms with E-state index in [1.54, 1.807) is 0 Å². The van der Waals surface area contributed by atoms with Crippen molar-refractivity contribution in [2.75, 3.05) is 25.0 Å². The zero-order chi connectivity index (χ0) is 12.7. The molecule has 1 atom stereocenters. The summed E-state index contributed by atoms with van der Waals surface area (Å²) in [6.07, 6.45) is 3.40. The van der Waals surface area contributed by atoms with E-state index in [4.69, 9.17) is 4.42 Å². The highest BCUT2D eigenvalue weighted by Gasteiger charge is 2.15. The van der Waals surface area contributed by atoms with E-state index >= 15 is 0 Å². The van der Waals surface area contributed by atoms with Gasteiger partial charge in [0.2, 0.25) is 5.89 Å². The lowest BCUT2D eigenvalue weighted by atomic mass is 10.3. The predicted molar refractivity (Wildman–Crippen MR) is 69.2 cm³/mol. The molecular formula is C12H24N4O. The molecule has 1 aromatic heterocycles. The van der Waals surface area contributed by atoms with Gasteiger partial charge in [-0.2, -0.15) is 0 Å². The van der Waals surface area contributed by atoms with Crippen LogP contribution in [0.2, 0.25) is 0 Å². The second kappa shape index (κ2) is 7.27. The molecule has 98 valence electrons. The van der Waals surface area contributed by atoms with Crippen LogP contribution < -0.4 is 10.2 Å². The predicted octanol–water partition coefficient (Wildman–Crippen LogP) is 2.37. The zero-order valence-corrected chi connectivity index (χ0v) is 11.4. The number of aromatic nitrogens is 2. The summed E-state index contributed by atoms with van der Waals surface area (Å²) in [6, 6.07) is 0.731. The molecule has 0 saturated heterocycles. The fourth-order valence-electron chi connectivity index (χ4n) is 1.49. The molecule has 1 heterocycles. The molecule has 0 aliphatic heterocycles. The highest BCUT2D eigenvalue weighted by Crippen LogP contribution is 2.16. The van der Waals surface area contributed by atoms with Gasteiger partial charge in [-0.1, -0.05) is 25.4 Å². The zero-order valence-electron chi connectivity index (χ0n) is 11.4.